The molecule has 3 nitrogen and oxygen atoms in total. The minimum atomic E-state index is 0.274. The molecular weight excluding hydrogens is 359 g/mol. The van der Waals surface area contributed by atoms with Gasteiger partial charge >= 0.3 is 0 Å². The Bertz CT molecular complexity index is 503. The van der Waals surface area contributed by atoms with Crippen LogP contribution in [0, 0.1) is 3.57 Å². The number of thiazole rings is 1. The number of nitrogens with one attached hydrogen (secondary N) is 1. The van der Waals surface area contributed by atoms with Crippen molar-refractivity contribution in [1.29, 1.82) is 0 Å². The van der Waals surface area contributed by atoms with Crippen LogP contribution >= 0.6 is 45.5 Å². The molecule has 1 heterocycles. The quantitative estimate of drug-likeness (QED) is 0.643. The first-order valence-corrected chi connectivity index (χ1v) is 6.75. The SMILES string of the molecule is Oc1ccc(NCc2cnc(Cl)s2)c(I)c1. The number of benzene rings is 1. The number of aromatic hydroxyl groups is 1. The molecule has 0 saturated carbocycles. The first-order valence-electron chi connectivity index (χ1n) is 4.48. The number of hydrogen-bond acceptors (Lipinski definition) is 4. The molecule has 2 aromatic rings. The van der Waals surface area contributed by atoms with Crippen LogP contribution in [0.25, 0.3) is 0 Å². The molecule has 16 heavy (non-hydrogen) atoms. The zero-order valence-corrected chi connectivity index (χ0v) is 11.8. The molecule has 1 aromatic heterocycles. The van der Waals surface area contributed by atoms with Crippen molar-refractivity contribution in [1.82, 2.24) is 4.98 Å². The van der Waals surface area contributed by atoms with Gasteiger partial charge in [-0.2, -0.15) is 0 Å². The zero-order chi connectivity index (χ0) is 11.5. The molecule has 0 aliphatic carbocycles. The van der Waals surface area contributed by atoms with E-state index in [2.05, 4.69) is 32.9 Å². The first kappa shape index (κ1) is 11.9. The Hall–Kier alpha value is -0.530. The second kappa shape index (κ2) is 5.20. The smallest absolute Gasteiger partial charge is 0.183 e. The Kier molecular flexibility index (Phi) is 3.88. The highest BCUT2D eigenvalue weighted by atomic mass is 127. The highest BCUT2D eigenvalue weighted by Crippen LogP contribution is 2.24. The summed E-state index contributed by atoms with van der Waals surface area (Å²) in [5.41, 5.74) is 0.989. The molecule has 6 heteroatoms. The van der Waals surface area contributed by atoms with Crippen LogP contribution in [0.3, 0.4) is 0 Å². The minimum Gasteiger partial charge on any atom is -0.508 e. The third-order valence-electron chi connectivity index (χ3n) is 1.93. The van der Waals surface area contributed by atoms with Crippen LogP contribution in [0.15, 0.2) is 24.4 Å². The summed E-state index contributed by atoms with van der Waals surface area (Å²) in [7, 11) is 0. The Labute approximate surface area is 116 Å². The number of anilines is 1. The Morgan fingerprint density at radius 1 is 1.50 bits per heavy atom. The largest absolute Gasteiger partial charge is 0.508 e. The summed E-state index contributed by atoms with van der Waals surface area (Å²) in [5, 5.41) is 12.5. The van der Waals surface area contributed by atoms with Crippen molar-refractivity contribution in [3.05, 3.63) is 37.3 Å². The lowest BCUT2D eigenvalue weighted by molar-refractivity contribution is 0.475. The van der Waals surface area contributed by atoms with E-state index in [1.54, 1.807) is 18.3 Å². The van der Waals surface area contributed by atoms with Gasteiger partial charge in [0.05, 0.1) is 6.54 Å². The number of hydrogen-bond donors (Lipinski definition) is 2. The van der Waals surface area contributed by atoms with Crippen molar-refractivity contribution >= 4 is 51.2 Å². The molecule has 0 fully saturated rings. The van der Waals surface area contributed by atoms with Crippen molar-refractivity contribution in [2.75, 3.05) is 5.32 Å². The molecule has 0 amide bonds. The molecule has 0 aliphatic heterocycles. The normalized spacial score (nSPS) is 10.4. The fourth-order valence-electron chi connectivity index (χ4n) is 1.20. The van der Waals surface area contributed by atoms with E-state index in [1.165, 1.54) is 11.3 Å². The van der Waals surface area contributed by atoms with Crippen molar-refractivity contribution in [3.8, 4) is 5.75 Å². The van der Waals surface area contributed by atoms with Gasteiger partial charge in [-0.25, -0.2) is 4.98 Å². The third kappa shape index (κ3) is 2.99. The van der Waals surface area contributed by atoms with Gasteiger partial charge in [-0.05, 0) is 40.8 Å². The van der Waals surface area contributed by atoms with Crippen molar-refractivity contribution in [2.45, 2.75) is 6.54 Å². The van der Waals surface area contributed by atoms with E-state index in [0.29, 0.717) is 11.0 Å². The maximum Gasteiger partial charge on any atom is 0.183 e. The van der Waals surface area contributed by atoms with Gasteiger partial charge in [-0.3, -0.25) is 0 Å². The lowest BCUT2D eigenvalue weighted by Crippen LogP contribution is -1.98. The van der Waals surface area contributed by atoms with E-state index in [1.807, 2.05) is 6.07 Å². The van der Waals surface area contributed by atoms with E-state index in [-0.39, 0.29) is 5.75 Å². The number of nitrogens with zero attached hydrogens (tertiary/aromatic N) is 1. The van der Waals surface area contributed by atoms with E-state index in [4.69, 9.17) is 11.6 Å². The minimum absolute atomic E-state index is 0.274. The number of rotatable bonds is 3. The maximum atomic E-state index is 9.27. The molecule has 0 unspecified atom stereocenters. The van der Waals surface area contributed by atoms with E-state index < -0.39 is 0 Å². The van der Waals surface area contributed by atoms with Crippen LogP contribution in [0.4, 0.5) is 5.69 Å². The van der Waals surface area contributed by atoms with Gasteiger partial charge in [0.1, 0.15) is 5.75 Å². The summed E-state index contributed by atoms with van der Waals surface area (Å²) in [6, 6.07) is 5.21. The predicted molar refractivity (Wildman–Crippen MR) is 75.3 cm³/mol. The van der Waals surface area contributed by atoms with E-state index in [9.17, 15) is 5.11 Å². The fraction of sp³-hybridized carbons (Fsp3) is 0.100. The van der Waals surface area contributed by atoms with Crippen molar-refractivity contribution < 1.29 is 5.11 Å². The average molecular weight is 367 g/mol. The standard InChI is InChI=1S/C10H8ClIN2OS/c11-10-14-5-7(16-10)4-13-9-2-1-6(15)3-8(9)12/h1-3,5,13,15H,4H2. The fourth-order valence-corrected chi connectivity index (χ4v) is 2.80. The van der Waals surface area contributed by atoms with Gasteiger partial charge in [-0.15, -0.1) is 11.3 Å². The lowest BCUT2D eigenvalue weighted by atomic mass is 10.3. The summed E-state index contributed by atoms with van der Waals surface area (Å²) in [6.07, 6.45) is 1.76. The molecule has 0 atom stereocenters. The van der Waals surface area contributed by atoms with Gasteiger partial charge in [0.25, 0.3) is 0 Å². The van der Waals surface area contributed by atoms with E-state index >= 15 is 0 Å². The Morgan fingerprint density at radius 3 is 2.94 bits per heavy atom. The number of aromatic nitrogens is 1. The van der Waals surface area contributed by atoms with Gasteiger partial charge in [0.15, 0.2) is 4.47 Å². The van der Waals surface area contributed by atoms with E-state index in [0.717, 1.165) is 14.1 Å². The third-order valence-corrected chi connectivity index (χ3v) is 3.94. The highest BCUT2D eigenvalue weighted by molar-refractivity contribution is 14.1. The molecule has 2 N–H and O–H groups in total. The summed E-state index contributed by atoms with van der Waals surface area (Å²) in [6.45, 7) is 0.686. The number of halogens is 2. The van der Waals surface area contributed by atoms with Crippen LogP contribution in [0.5, 0.6) is 5.75 Å². The van der Waals surface area contributed by atoms with Crippen molar-refractivity contribution in [3.63, 3.8) is 0 Å². The molecule has 0 aliphatic rings. The molecular formula is C10H8ClIN2OS. The topological polar surface area (TPSA) is 45.1 Å². The summed E-state index contributed by atoms with van der Waals surface area (Å²) < 4.78 is 1.53. The van der Waals surface area contributed by atoms with Gasteiger partial charge in [-0.1, -0.05) is 11.6 Å². The monoisotopic (exact) mass is 366 g/mol. The van der Waals surface area contributed by atoms with Crippen LogP contribution in [0.2, 0.25) is 4.47 Å². The van der Waals surface area contributed by atoms with Crippen LogP contribution in [0.1, 0.15) is 4.88 Å². The molecule has 0 bridgehead atoms. The summed E-state index contributed by atoms with van der Waals surface area (Å²) >= 11 is 9.37. The molecule has 0 radical (unpaired) electrons. The first-order chi connectivity index (χ1) is 7.65. The molecule has 0 spiro atoms. The predicted octanol–water partition coefficient (Wildman–Crippen LogP) is 3.72. The molecule has 1 aromatic carbocycles. The van der Waals surface area contributed by atoms with Crippen molar-refractivity contribution in [2.24, 2.45) is 0 Å². The summed E-state index contributed by atoms with van der Waals surface area (Å²) in [4.78, 5) is 5.05. The second-order valence-corrected chi connectivity index (χ2v) is 5.96. The van der Waals surface area contributed by atoms with Gasteiger partial charge in [0, 0.05) is 20.3 Å². The second-order valence-electron chi connectivity index (χ2n) is 3.10. The van der Waals surface area contributed by atoms with Crippen LogP contribution in [-0.4, -0.2) is 10.1 Å². The summed E-state index contributed by atoms with van der Waals surface area (Å²) in [5.74, 6) is 0.274. The Morgan fingerprint density at radius 2 is 2.31 bits per heavy atom. The molecule has 2 rings (SSSR count). The zero-order valence-electron chi connectivity index (χ0n) is 8.08. The Balaban J connectivity index is 2.04. The van der Waals surface area contributed by atoms with Crippen LogP contribution < -0.4 is 5.32 Å². The lowest BCUT2D eigenvalue weighted by Gasteiger charge is -2.07. The highest BCUT2D eigenvalue weighted by Gasteiger charge is 2.02. The number of phenols is 1. The van der Waals surface area contributed by atoms with Crippen LogP contribution in [-0.2, 0) is 6.54 Å². The molecule has 0 saturated heterocycles. The van der Waals surface area contributed by atoms with Gasteiger partial charge < -0.3 is 10.4 Å². The van der Waals surface area contributed by atoms with Gasteiger partial charge in [0.2, 0.25) is 0 Å². The average Bonchev–Trinajstić information content (AvgIpc) is 2.63. The molecule has 84 valence electrons. The number of phenolic OH excluding ortho intramolecular Hbond substituents is 1. The maximum absolute atomic E-state index is 9.27.